The molecule has 1 aliphatic carbocycles. The fourth-order valence-electron chi connectivity index (χ4n) is 1.57. The van der Waals surface area contributed by atoms with Gasteiger partial charge < -0.3 is 10.8 Å². The van der Waals surface area contributed by atoms with Crippen molar-refractivity contribution in [2.75, 3.05) is 0 Å². The summed E-state index contributed by atoms with van der Waals surface area (Å²) >= 11 is 0. The Morgan fingerprint density at radius 1 is 1.33 bits per heavy atom. The van der Waals surface area contributed by atoms with Crippen LogP contribution >= 0.6 is 0 Å². The standard InChI is InChI=1S/C8H15F2NO/c1-6(2,12)7(11)3-4-8(9,10)5-7/h12H,3-5,11H2,1-2H3. The molecule has 1 unspecified atom stereocenters. The minimum Gasteiger partial charge on any atom is -0.389 e. The summed E-state index contributed by atoms with van der Waals surface area (Å²) in [6.45, 7) is 2.96. The minimum atomic E-state index is -2.70. The first-order chi connectivity index (χ1) is 5.16. The third-order valence-corrected chi connectivity index (χ3v) is 2.73. The lowest BCUT2D eigenvalue weighted by Crippen LogP contribution is -2.56. The quantitative estimate of drug-likeness (QED) is 0.636. The molecule has 72 valence electrons. The van der Waals surface area contributed by atoms with Gasteiger partial charge in [0.1, 0.15) is 0 Å². The molecule has 0 heterocycles. The van der Waals surface area contributed by atoms with E-state index < -0.39 is 23.5 Å². The van der Waals surface area contributed by atoms with Crippen LogP contribution in [0.15, 0.2) is 0 Å². The SMILES string of the molecule is CC(C)(O)C1(N)CCC(F)(F)C1. The van der Waals surface area contributed by atoms with Crippen LogP contribution in [0.4, 0.5) is 8.78 Å². The molecule has 2 nitrogen and oxygen atoms in total. The highest BCUT2D eigenvalue weighted by molar-refractivity contribution is 5.06. The molecule has 0 aromatic heterocycles. The third-order valence-electron chi connectivity index (χ3n) is 2.73. The molecule has 12 heavy (non-hydrogen) atoms. The number of nitrogens with two attached hydrogens (primary N) is 1. The molecule has 1 atom stereocenters. The molecular weight excluding hydrogens is 164 g/mol. The van der Waals surface area contributed by atoms with Gasteiger partial charge in [0.15, 0.2) is 0 Å². The van der Waals surface area contributed by atoms with E-state index in [1.54, 1.807) is 0 Å². The molecule has 0 aliphatic heterocycles. The van der Waals surface area contributed by atoms with Gasteiger partial charge >= 0.3 is 0 Å². The maximum atomic E-state index is 12.8. The molecule has 0 saturated heterocycles. The first kappa shape index (κ1) is 9.86. The summed E-state index contributed by atoms with van der Waals surface area (Å²) in [6, 6.07) is 0. The maximum absolute atomic E-state index is 12.8. The highest BCUT2D eigenvalue weighted by atomic mass is 19.3. The van der Waals surface area contributed by atoms with E-state index in [1.807, 2.05) is 0 Å². The van der Waals surface area contributed by atoms with Gasteiger partial charge in [-0.1, -0.05) is 0 Å². The molecule has 0 aromatic rings. The molecule has 0 bridgehead atoms. The summed E-state index contributed by atoms with van der Waals surface area (Å²) < 4.78 is 25.6. The van der Waals surface area contributed by atoms with E-state index in [4.69, 9.17) is 5.73 Å². The zero-order valence-corrected chi connectivity index (χ0v) is 7.40. The van der Waals surface area contributed by atoms with Crippen LogP contribution < -0.4 is 5.73 Å². The lowest BCUT2D eigenvalue weighted by Gasteiger charge is -2.36. The lowest BCUT2D eigenvalue weighted by molar-refractivity contribution is -0.0380. The van der Waals surface area contributed by atoms with Crippen molar-refractivity contribution in [3.63, 3.8) is 0 Å². The molecule has 0 aromatic carbocycles. The number of alkyl halides is 2. The third kappa shape index (κ3) is 1.59. The van der Waals surface area contributed by atoms with Gasteiger partial charge in [-0.15, -0.1) is 0 Å². The molecular formula is C8H15F2NO. The normalized spacial score (nSPS) is 35.5. The maximum Gasteiger partial charge on any atom is 0.250 e. The van der Waals surface area contributed by atoms with Gasteiger partial charge in [-0.25, -0.2) is 8.78 Å². The van der Waals surface area contributed by atoms with E-state index in [2.05, 4.69) is 0 Å². The molecule has 0 radical (unpaired) electrons. The molecule has 0 amide bonds. The Hall–Kier alpha value is -0.220. The zero-order valence-electron chi connectivity index (χ0n) is 7.40. The van der Waals surface area contributed by atoms with E-state index >= 15 is 0 Å². The Bertz CT molecular complexity index is 188. The van der Waals surface area contributed by atoms with Crippen molar-refractivity contribution in [1.82, 2.24) is 0 Å². The van der Waals surface area contributed by atoms with Crippen LogP contribution in [0.1, 0.15) is 33.1 Å². The van der Waals surface area contributed by atoms with Gasteiger partial charge in [0, 0.05) is 12.8 Å². The summed E-state index contributed by atoms with van der Waals surface area (Å²) in [5, 5.41) is 9.55. The number of hydrogen-bond donors (Lipinski definition) is 2. The molecule has 3 N–H and O–H groups in total. The van der Waals surface area contributed by atoms with Crippen molar-refractivity contribution in [3.8, 4) is 0 Å². The number of halogens is 2. The van der Waals surface area contributed by atoms with E-state index in [-0.39, 0.29) is 12.8 Å². The topological polar surface area (TPSA) is 46.2 Å². The van der Waals surface area contributed by atoms with Gasteiger partial charge in [-0.05, 0) is 20.3 Å². The average Bonchev–Trinajstić information content (AvgIpc) is 2.05. The Balaban J connectivity index is 2.78. The van der Waals surface area contributed by atoms with Crippen molar-refractivity contribution < 1.29 is 13.9 Å². The summed E-state index contributed by atoms with van der Waals surface area (Å²) in [5.74, 6) is -2.70. The summed E-state index contributed by atoms with van der Waals surface area (Å²) in [6.07, 6.45) is -0.444. The monoisotopic (exact) mass is 179 g/mol. The van der Waals surface area contributed by atoms with Crippen molar-refractivity contribution in [2.45, 2.75) is 50.2 Å². The zero-order chi connectivity index (χ0) is 9.62. The average molecular weight is 179 g/mol. The summed E-state index contributed by atoms with van der Waals surface area (Å²) in [4.78, 5) is 0. The van der Waals surface area contributed by atoms with Crippen LogP contribution in [-0.4, -0.2) is 22.2 Å². The Labute approximate surface area is 70.8 Å². The number of rotatable bonds is 1. The molecule has 1 rings (SSSR count). The lowest BCUT2D eigenvalue weighted by atomic mass is 9.82. The van der Waals surface area contributed by atoms with Crippen LogP contribution in [0.3, 0.4) is 0 Å². The van der Waals surface area contributed by atoms with Crippen molar-refractivity contribution in [3.05, 3.63) is 0 Å². The fourth-order valence-corrected chi connectivity index (χ4v) is 1.57. The molecule has 0 spiro atoms. The van der Waals surface area contributed by atoms with Crippen molar-refractivity contribution in [1.29, 1.82) is 0 Å². The molecule has 1 saturated carbocycles. The Morgan fingerprint density at radius 2 is 1.83 bits per heavy atom. The molecule has 1 fully saturated rings. The highest BCUT2D eigenvalue weighted by Gasteiger charge is 2.53. The second kappa shape index (κ2) is 2.39. The van der Waals surface area contributed by atoms with Crippen molar-refractivity contribution >= 4 is 0 Å². The van der Waals surface area contributed by atoms with Crippen LogP contribution in [0.2, 0.25) is 0 Å². The first-order valence-electron chi connectivity index (χ1n) is 4.05. The van der Waals surface area contributed by atoms with Gasteiger partial charge in [-0.2, -0.15) is 0 Å². The van der Waals surface area contributed by atoms with Gasteiger partial charge in [0.05, 0.1) is 11.1 Å². The van der Waals surface area contributed by atoms with Crippen molar-refractivity contribution in [2.24, 2.45) is 5.73 Å². The van der Waals surface area contributed by atoms with Crippen LogP contribution in [-0.2, 0) is 0 Å². The van der Waals surface area contributed by atoms with E-state index in [9.17, 15) is 13.9 Å². The van der Waals surface area contributed by atoms with Gasteiger partial charge in [0.2, 0.25) is 5.92 Å². The highest BCUT2D eigenvalue weighted by Crippen LogP contribution is 2.44. The Morgan fingerprint density at radius 3 is 2.00 bits per heavy atom. The smallest absolute Gasteiger partial charge is 0.250 e. The van der Waals surface area contributed by atoms with E-state index in [0.717, 1.165) is 0 Å². The molecule has 1 aliphatic rings. The van der Waals surface area contributed by atoms with E-state index in [0.29, 0.717) is 0 Å². The van der Waals surface area contributed by atoms with Gasteiger partial charge in [0.25, 0.3) is 0 Å². The Kier molecular flexibility index (Phi) is 1.96. The largest absolute Gasteiger partial charge is 0.389 e. The second-order valence-corrected chi connectivity index (χ2v) is 4.25. The molecule has 4 heteroatoms. The van der Waals surface area contributed by atoms with Gasteiger partial charge in [-0.3, -0.25) is 0 Å². The van der Waals surface area contributed by atoms with Crippen LogP contribution in [0.5, 0.6) is 0 Å². The first-order valence-corrected chi connectivity index (χ1v) is 4.05. The predicted octanol–water partition coefficient (Wildman–Crippen LogP) is 1.27. The predicted molar refractivity (Wildman–Crippen MR) is 42.0 cm³/mol. The second-order valence-electron chi connectivity index (χ2n) is 4.25. The van der Waals surface area contributed by atoms with Crippen LogP contribution in [0.25, 0.3) is 0 Å². The number of aliphatic hydroxyl groups is 1. The fraction of sp³-hybridized carbons (Fsp3) is 1.00. The minimum absolute atomic E-state index is 0.184. The number of hydrogen-bond acceptors (Lipinski definition) is 2. The summed E-state index contributed by atoms with van der Waals surface area (Å²) in [7, 11) is 0. The summed E-state index contributed by atoms with van der Waals surface area (Å²) in [5.41, 5.74) is 3.32. The van der Waals surface area contributed by atoms with E-state index in [1.165, 1.54) is 13.8 Å². The van der Waals surface area contributed by atoms with Crippen LogP contribution in [0, 0.1) is 0 Å².